The van der Waals surface area contributed by atoms with Crippen molar-refractivity contribution in [2.75, 3.05) is 0 Å². The molecule has 38 heavy (non-hydrogen) atoms. The number of hydrogen-bond acceptors (Lipinski definition) is 2. The number of amides is 2. The van der Waals surface area contributed by atoms with Gasteiger partial charge in [0.2, 0.25) is 11.8 Å². The number of nitrogens with zero attached hydrogens (tertiary/aromatic N) is 1. The minimum atomic E-state index is -0.627. The molecule has 202 valence electrons. The van der Waals surface area contributed by atoms with Crippen LogP contribution in [0.5, 0.6) is 0 Å². The lowest BCUT2D eigenvalue weighted by atomic mass is 9.86. The summed E-state index contributed by atoms with van der Waals surface area (Å²) < 4.78 is 0. The second-order valence-corrected chi connectivity index (χ2v) is 11.6. The van der Waals surface area contributed by atoms with Crippen LogP contribution in [-0.2, 0) is 34.4 Å². The number of carbonyl (C=O) groups excluding carboxylic acids is 2. The number of benzene rings is 3. The van der Waals surface area contributed by atoms with E-state index in [-0.39, 0.29) is 23.3 Å². The van der Waals surface area contributed by atoms with Crippen molar-refractivity contribution < 1.29 is 9.59 Å². The van der Waals surface area contributed by atoms with Gasteiger partial charge in [-0.25, -0.2) is 0 Å². The van der Waals surface area contributed by atoms with E-state index < -0.39 is 6.04 Å². The maximum Gasteiger partial charge on any atom is 0.243 e. The van der Waals surface area contributed by atoms with Crippen LogP contribution in [0.4, 0.5) is 0 Å². The second-order valence-electron chi connectivity index (χ2n) is 11.1. The summed E-state index contributed by atoms with van der Waals surface area (Å²) in [6, 6.07) is 25.3. The summed E-state index contributed by atoms with van der Waals surface area (Å²) in [6.07, 6.45) is 2.21. The molecule has 3 aromatic rings. The summed E-state index contributed by atoms with van der Waals surface area (Å²) in [7, 11) is 0. The van der Waals surface area contributed by atoms with Crippen molar-refractivity contribution in [3.8, 4) is 0 Å². The molecule has 2 atom stereocenters. The van der Waals surface area contributed by atoms with Crippen LogP contribution in [-0.4, -0.2) is 28.8 Å². The molecule has 0 bridgehead atoms. The largest absolute Gasteiger partial charge is 0.352 e. The van der Waals surface area contributed by atoms with Crippen molar-refractivity contribution in [3.05, 3.63) is 106 Å². The maximum atomic E-state index is 13.8. The van der Waals surface area contributed by atoms with Crippen LogP contribution in [0.3, 0.4) is 0 Å². The highest BCUT2D eigenvalue weighted by Crippen LogP contribution is 2.23. The second kappa shape index (κ2) is 13.6. The van der Waals surface area contributed by atoms with E-state index in [1.165, 1.54) is 5.56 Å². The number of carbonyl (C=O) groups is 2. The third-order valence-corrected chi connectivity index (χ3v) is 7.24. The van der Waals surface area contributed by atoms with Gasteiger partial charge in [0.25, 0.3) is 0 Å². The molecular formula is C33H41ClN2O2. The summed E-state index contributed by atoms with van der Waals surface area (Å²) in [5.41, 5.74) is 4.41. The first-order chi connectivity index (χ1) is 18.1. The van der Waals surface area contributed by atoms with Gasteiger partial charge in [-0.05, 0) is 59.6 Å². The fraction of sp³-hybridized carbons (Fsp3) is 0.394. The van der Waals surface area contributed by atoms with Crippen molar-refractivity contribution in [3.63, 3.8) is 0 Å². The molecule has 0 aromatic heterocycles. The first-order valence-corrected chi connectivity index (χ1v) is 13.9. The minimum Gasteiger partial charge on any atom is -0.352 e. The standard InChI is InChI=1S/C33H41ClN2O2/c1-6-24(2)35-32(38)30(22-26-10-8-7-9-11-26)36(23-27-14-19-29(34)20-15-27)31(37)21-16-25-12-17-28(18-13-25)33(3,4)5/h7-15,17-20,24,30H,6,16,21-23H2,1-5H3,(H,35,38)/t24-,30+/m1/s1. The van der Waals surface area contributed by atoms with Crippen LogP contribution < -0.4 is 5.32 Å². The third kappa shape index (κ3) is 8.73. The Morgan fingerprint density at radius 2 is 1.47 bits per heavy atom. The molecule has 4 nitrogen and oxygen atoms in total. The molecule has 3 aromatic carbocycles. The fourth-order valence-corrected chi connectivity index (χ4v) is 4.47. The monoisotopic (exact) mass is 532 g/mol. The zero-order chi connectivity index (χ0) is 27.7. The Bertz CT molecular complexity index is 1170. The van der Waals surface area contributed by atoms with Crippen LogP contribution in [0, 0.1) is 0 Å². The van der Waals surface area contributed by atoms with Crippen LogP contribution in [0.2, 0.25) is 5.02 Å². The molecule has 0 saturated heterocycles. The quantitative estimate of drug-likeness (QED) is 0.285. The lowest BCUT2D eigenvalue weighted by Crippen LogP contribution is -2.52. The van der Waals surface area contributed by atoms with Gasteiger partial charge in [-0.1, -0.05) is 106 Å². The predicted molar refractivity (Wildman–Crippen MR) is 157 cm³/mol. The van der Waals surface area contributed by atoms with E-state index in [0.717, 1.165) is 23.1 Å². The highest BCUT2D eigenvalue weighted by atomic mass is 35.5. The summed E-state index contributed by atoms with van der Waals surface area (Å²) in [5.74, 6) is -0.167. The van der Waals surface area contributed by atoms with Crippen molar-refractivity contribution in [1.82, 2.24) is 10.2 Å². The fourth-order valence-electron chi connectivity index (χ4n) is 4.35. The Morgan fingerprint density at radius 1 is 0.868 bits per heavy atom. The molecule has 3 rings (SSSR count). The van der Waals surface area contributed by atoms with Gasteiger partial charge in [0.15, 0.2) is 0 Å². The van der Waals surface area contributed by atoms with E-state index in [4.69, 9.17) is 11.6 Å². The average Bonchev–Trinajstić information content (AvgIpc) is 2.90. The van der Waals surface area contributed by atoms with Crippen LogP contribution in [0.15, 0.2) is 78.9 Å². The van der Waals surface area contributed by atoms with E-state index in [9.17, 15) is 9.59 Å². The van der Waals surface area contributed by atoms with Gasteiger partial charge >= 0.3 is 0 Å². The average molecular weight is 533 g/mol. The summed E-state index contributed by atoms with van der Waals surface area (Å²) in [4.78, 5) is 29.2. The maximum absolute atomic E-state index is 13.8. The van der Waals surface area contributed by atoms with Crippen molar-refractivity contribution >= 4 is 23.4 Å². The van der Waals surface area contributed by atoms with Crippen molar-refractivity contribution in [2.24, 2.45) is 0 Å². The van der Waals surface area contributed by atoms with Gasteiger partial charge in [0, 0.05) is 30.5 Å². The van der Waals surface area contributed by atoms with Gasteiger partial charge in [-0.3, -0.25) is 9.59 Å². The highest BCUT2D eigenvalue weighted by molar-refractivity contribution is 6.30. The molecule has 0 heterocycles. The Morgan fingerprint density at radius 3 is 2.05 bits per heavy atom. The summed E-state index contributed by atoms with van der Waals surface area (Å²) >= 11 is 6.12. The van der Waals surface area contributed by atoms with Gasteiger partial charge in [0.05, 0.1) is 0 Å². The molecule has 0 aliphatic heterocycles. The van der Waals surface area contributed by atoms with Crippen LogP contribution in [0.25, 0.3) is 0 Å². The first-order valence-electron chi connectivity index (χ1n) is 13.5. The number of nitrogens with one attached hydrogen (secondary N) is 1. The molecule has 5 heteroatoms. The minimum absolute atomic E-state index is 0.0228. The molecule has 0 saturated carbocycles. The molecule has 0 aliphatic rings. The first kappa shape index (κ1) is 29.4. The molecule has 0 fully saturated rings. The smallest absolute Gasteiger partial charge is 0.243 e. The van der Waals surface area contributed by atoms with Crippen LogP contribution in [0.1, 0.15) is 69.7 Å². The summed E-state index contributed by atoms with van der Waals surface area (Å²) in [5, 5.41) is 3.76. The van der Waals surface area contributed by atoms with E-state index in [2.05, 4.69) is 50.4 Å². The SMILES string of the molecule is CC[C@@H](C)NC(=O)[C@H](Cc1ccccc1)N(Cc1ccc(Cl)cc1)C(=O)CCc1ccc(C(C)(C)C)cc1. The van der Waals surface area contributed by atoms with Crippen LogP contribution >= 0.6 is 11.6 Å². The molecule has 1 N–H and O–H groups in total. The van der Waals surface area contributed by atoms with Crippen molar-refractivity contribution in [1.29, 1.82) is 0 Å². The molecule has 0 spiro atoms. The summed E-state index contributed by atoms with van der Waals surface area (Å²) in [6.45, 7) is 10.9. The number of halogens is 1. The molecule has 2 amide bonds. The molecular weight excluding hydrogens is 492 g/mol. The zero-order valence-electron chi connectivity index (χ0n) is 23.3. The number of aryl methyl sites for hydroxylation is 1. The number of hydrogen-bond donors (Lipinski definition) is 1. The predicted octanol–water partition coefficient (Wildman–Crippen LogP) is 7.12. The number of rotatable bonds is 11. The Kier molecular flexibility index (Phi) is 10.6. The molecule has 0 aliphatic carbocycles. The Labute approximate surface area is 233 Å². The van der Waals surface area contributed by atoms with E-state index in [0.29, 0.717) is 30.8 Å². The molecule has 0 radical (unpaired) electrons. The third-order valence-electron chi connectivity index (χ3n) is 6.99. The van der Waals surface area contributed by atoms with E-state index >= 15 is 0 Å². The van der Waals surface area contributed by atoms with E-state index in [1.807, 2.05) is 68.4 Å². The lowest BCUT2D eigenvalue weighted by molar-refractivity contribution is -0.141. The van der Waals surface area contributed by atoms with Gasteiger partial charge in [0.1, 0.15) is 6.04 Å². The van der Waals surface area contributed by atoms with E-state index in [1.54, 1.807) is 4.90 Å². The topological polar surface area (TPSA) is 49.4 Å². The Balaban J connectivity index is 1.88. The normalized spacial score (nSPS) is 13.0. The van der Waals surface area contributed by atoms with Gasteiger partial charge < -0.3 is 10.2 Å². The highest BCUT2D eigenvalue weighted by Gasteiger charge is 2.30. The lowest BCUT2D eigenvalue weighted by Gasteiger charge is -2.32. The molecule has 0 unspecified atom stereocenters. The Hall–Kier alpha value is -3.11. The van der Waals surface area contributed by atoms with Crippen molar-refractivity contribution in [2.45, 2.75) is 84.3 Å². The van der Waals surface area contributed by atoms with Gasteiger partial charge in [-0.15, -0.1) is 0 Å². The zero-order valence-corrected chi connectivity index (χ0v) is 24.1. The van der Waals surface area contributed by atoms with Gasteiger partial charge in [-0.2, -0.15) is 0 Å².